The van der Waals surface area contributed by atoms with Gasteiger partial charge in [0.15, 0.2) is 5.69 Å². The molecule has 0 bridgehead atoms. The summed E-state index contributed by atoms with van der Waals surface area (Å²) in [6.45, 7) is 5.69. The van der Waals surface area contributed by atoms with Gasteiger partial charge in [0.2, 0.25) is 0 Å². The Hall–Kier alpha value is -2.82. The van der Waals surface area contributed by atoms with Gasteiger partial charge < -0.3 is 20.6 Å². The summed E-state index contributed by atoms with van der Waals surface area (Å²) in [5, 5.41) is 36.6. The number of aliphatic hydroxyl groups excluding tert-OH is 2. The van der Waals surface area contributed by atoms with Gasteiger partial charge in [0.1, 0.15) is 5.82 Å². The second-order valence-corrected chi connectivity index (χ2v) is 9.21. The Bertz CT molecular complexity index is 1250. The molecule has 1 heterocycles. The van der Waals surface area contributed by atoms with Gasteiger partial charge in [-0.1, -0.05) is 50.3 Å². The van der Waals surface area contributed by atoms with Crippen molar-refractivity contribution in [3.05, 3.63) is 89.0 Å². The molecule has 0 aliphatic rings. The zero-order chi connectivity index (χ0) is 27.1. The third kappa shape index (κ3) is 8.34. The van der Waals surface area contributed by atoms with Crippen LogP contribution >= 0.6 is 0 Å². The summed E-state index contributed by atoms with van der Waals surface area (Å²) in [5.41, 5.74) is 2.77. The fourth-order valence-electron chi connectivity index (χ4n) is 4.05. The summed E-state index contributed by atoms with van der Waals surface area (Å²) in [7, 11) is 0. The number of rotatable bonds is 11. The van der Waals surface area contributed by atoms with Gasteiger partial charge in [-0.25, -0.2) is 9.07 Å². The van der Waals surface area contributed by atoms with Crippen molar-refractivity contribution in [3.8, 4) is 5.69 Å². The first-order valence-electron chi connectivity index (χ1n) is 12.1. The number of aliphatic hydroxyl groups is 2. The fourth-order valence-corrected chi connectivity index (χ4v) is 4.05. The van der Waals surface area contributed by atoms with Crippen LogP contribution in [0.15, 0.2) is 60.7 Å². The normalized spacial score (nSPS) is 13.7. The maximum atomic E-state index is 13.6. The van der Waals surface area contributed by atoms with E-state index in [0.717, 1.165) is 5.56 Å². The van der Waals surface area contributed by atoms with Crippen LogP contribution in [0.1, 0.15) is 72.9 Å². The van der Waals surface area contributed by atoms with Crippen molar-refractivity contribution in [1.82, 2.24) is 15.1 Å². The first kappa shape index (κ1) is 31.4. The van der Waals surface area contributed by atoms with E-state index in [4.69, 9.17) is 5.11 Å². The number of aromatic nitrogens is 2. The molecule has 10 heteroatoms. The van der Waals surface area contributed by atoms with Crippen LogP contribution in [0, 0.1) is 5.82 Å². The van der Waals surface area contributed by atoms with Crippen LogP contribution in [-0.4, -0.2) is 78.7 Å². The summed E-state index contributed by atoms with van der Waals surface area (Å²) in [4.78, 5) is 24.2. The second-order valence-electron chi connectivity index (χ2n) is 9.21. The molecule has 1 amide bonds. The predicted molar refractivity (Wildman–Crippen MR) is 145 cm³/mol. The molecule has 3 rings (SSSR count). The number of hydrogen-bond donors (Lipinski definition) is 4. The molecule has 0 fully saturated rings. The minimum atomic E-state index is -1.22. The molecular weight excluding hydrogens is 500 g/mol. The number of amides is 1. The third-order valence-corrected chi connectivity index (χ3v) is 5.87. The SMILES string of the molecule is CC(C)c1c(C(=O)N[C@@H](C)c2ccccc2)nn(-c2ccc(F)cc2)c1/C=C/[C@H](O)C[C@@H](O)CC(=O)O.[NaH]. The minimum absolute atomic E-state index is 0. The van der Waals surface area contributed by atoms with Crippen LogP contribution in [0.5, 0.6) is 0 Å². The molecule has 198 valence electrons. The number of carbonyl (C=O) groups excluding carboxylic acids is 1. The van der Waals surface area contributed by atoms with Crippen molar-refractivity contribution >= 4 is 47.5 Å². The van der Waals surface area contributed by atoms with Crippen LogP contribution in [0.2, 0.25) is 0 Å². The molecule has 4 N–H and O–H groups in total. The van der Waals surface area contributed by atoms with Crippen LogP contribution in [-0.2, 0) is 4.79 Å². The molecule has 0 aliphatic carbocycles. The average molecular weight is 534 g/mol. The Morgan fingerprint density at radius 1 is 1.05 bits per heavy atom. The molecule has 3 atom stereocenters. The number of halogens is 1. The Morgan fingerprint density at radius 2 is 1.68 bits per heavy atom. The quantitative estimate of drug-likeness (QED) is 0.279. The van der Waals surface area contributed by atoms with Crippen LogP contribution in [0.3, 0.4) is 0 Å². The summed E-state index contributed by atoms with van der Waals surface area (Å²) in [6.07, 6.45) is -0.0129. The fraction of sp³-hybridized carbons (Fsp3) is 0.321. The number of hydrogen-bond acceptors (Lipinski definition) is 5. The summed E-state index contributed by atoms with van der Waals surface area (Å²) >= 11 is 0. The van der Waals surface area contributed by atoms with E-state index in [0.29, 0.717) is 16.9 Å². The van der Waals surface area contributed by atoms with Gasteiger partial charge in [0.25, 0.3) is 5.91 Å². The van der Waals surface area contributed by atoms with Gasteiger partial charge in [0, 0.05) is 12.0 Å². The van der Waals surface area contributed by atoms with E-state index < -0.39 is 30.4 Å². The number of nitrogens with one attached hydrogen (secondary N) is 1. The summed E-state index contributed by atoms with van der Waals surface area (Å²) < 4.78 is 15.1. The molecule has 0 saturated heterocycles. The van der Waals surface area contributed by atoms with Crippen molar-refractivity contribution in [2.45, 2.75) is 57.8 Å². The van der Waals surface area contributed by atoms with E-state index in [1.54, 1.807) is 6.08 Å². The molecule has 1 aromatic heterocycles. The molecule has 0 aliphatic heterocycles. The number of carbonyl (C=O) groups is 2. The molecule has 0 saturated carbocycles. The summed E-state index contributed by atoms with van der Waals surface area (Å²) in [5.74, 6) is -2.11. The predicted octanol–water partition coefficient (Wildman–Crippen LogP) is 3.58. The monoisotopic (exact) mass is 533 g/mol. The zero-order valence-electron chi connectivity index (χ0n) is 21.0. The molecule has 0 unspecified atom stereocenters. The number of aliphatic carboxylic acids is 1. The first-order chi connectivity index (χ1) is 17.6. The van der Waals surface area contributed by atoms with Crippen molar-refractivity contribution in [2.24, 2.45) is 0 Å². The zero-order valence-corrected chi connectivity index (χ0v) is 21.0. The second kappa shape index (κ2) is 14.4. The Labute approximate surface area is 243 Å². The van der Waals surface area contributed by atoms with Crippen LogP contribution in [0.25, 0.3) is 11.8 Å². The standard InChI is InChI=1S/C28H32FN3O5.Na.H/c1-17(2)26-24(14-13-22(33)15-23(34)16-25(35)36)32(21-11-9-20(29)10-12-21)31-27(26)28(37)30-18(3)19-7-5-4-6-8-19;;/h4-14,17-18,22-23,33-34H,15-16H2,1-3H3,(H,30,37)(H,35,36);;/b14-13+;;/t18-,22-,23+;;/m0../s1. The van der Waals surface area contributed by atoms with Crippen LogP contribution in [0.4, 0.5) is 4.39 Å². The van der Waals surface area contributed by atoms with Gasteiger partial charge in [-0.2, -0.15) is 5.10 Å². The van der Waals surface area contributed by atoms with E-state index in [2.05, 4.69) is 10.4 Å². The van der Waals surface area contributed by atoms with E-state index in [1.165, 1.54) is 35.0 Å². The first-order valence-corrected chi connectivity index (χ1v) is 12.1. The number of benzene rings is 2. The van der Waals surface area contributed by atoms with Gasteiger partial charge in [-0.3, -0.25) is 9.59 Å². The van der Waals surface area contributed by atoms with Crippen LogP contribution < -0.4 is 5.32 Å². The maximum absolute atomic E-state index is 13.6. The molecular formula is C28H33FN3NaO5. The van der Waals surface area contributed by atoms with Gasteiger partial charge in [0.05, 0.1) is 36.1 Å². The van der Waals surface area contributed by atoms with Crippen molar-refractivity contribution in [2.75, 3.05) is 0 Å². The number of carboxylic acid groups (broad SMARTS) is 1. The van der Waals surface area contributed by atoms with Gasteiger partial charge >= 0.3 is 35.5 Å². The van der Waals surface area contributed by atoms with E-state index in [-0.39, 0.29) is 59.5 Å². The third-order valence-electron chi connectivity index (χ3n) is 5.87. The Kier molecular flexibility index (Phi) is 11.9. The summed E-state index contributed by atoms with van der Waals surface area (Å²) in [6, 6.07) is 14.9. The Balaban J connectivity index is 0.00000507. The molecule has 8 nitrogen and oxygen atoms in total. The molecule has 3 aromatic rings. The van der Waals surface area contributed by atoms with E-state index in [1.807, 2.05) is 51.1 Å². The van der Waals surface area contributed by atoms with Gasteiger partial charge in [-0.05, 0) is 48.7 Å². The van der Waals surface area contributed by atoms with Crippen molar-refractivity contribution in [3.63, 3.8) is 0 Å². The topological polar surface area (TPSA) is 125 Å². The van der Waals surface area contributed by atoms with E-state index in [9.17, 15) is 24.2 Å². The number of nitrogens with zero attached hydrogens (tertiary/aromatic N) is 2. The number of carboxylic acids is 1. The average Bonchev–Trinajstić information content (AvgIpc) is 3.23. The van der Waals surface area contributed by atoms with E-state index >= 15 is 0 Å². The van der Waals surface area contributed by atoms with Gasteiger partial charge in [-0.15, -0.1) is 0 Å². The van der Waals surface area contributed by atoms with Crippen molar-refractivity contribution < 1.29 is 29.3 Å². The Morgan fingerprint density at radius 3 is 2.26 bits per heavy atom. The molecule has 2 aromatic carbocycles. The molecule has 38 heavy (non-hydrogen) atoms. The molecule has 0 radical (unpaired) electrons. The van der Waals surface area contributed by atoms with Crippen molar-refractivity contribution in [1.29, 1.82) is 0 Å². The molecule has 0 spiro atoms.